The van der Waals surface area contributed by atoms with Crippen LogP contribution in [0.1, 0.15) is 18.4 Å². The van der Waals surface area contributed by atoms with E-state index in [1.165, 1.54) is 17.3 Å². The molecule has 6 heteroatoms. The number of carbonyl (C=O) groups excluding carboxylic acids is 1. The minimum Gasteiger partial charge on any atom is -0.497 e. The summed E-state index contributed by atoms with van der Waals surface area (Å²) in [5, 5.41) is 0.868. The molecule has 29 heavy (non-hydrogen) atoms. The summed E-state index contributed by atoms with van der Waals surface area (Å²) in [6.07, 6.45) is 4.12. The Morgan fingerprint density at radius 1 is 1.07 bits per heavy atom. The zero-order valence-corrected chi connectivity index (χ0v) is 17.4. The molecular formula is C23H25N3O2S. The fraction of sp³-hybridized carbons (Fsp3) is 0.304. The van der Waals surface area contributed by atoms with Gasteiger partial charge in [0, 0.05) is 18.7 Å². The summed E-state index contributed by atoms with van der Waals surface area (Å²) in [5.74, 6) is 1.45. The van der Waals surface area contributed by atoms with Crippen molar-refractivity contribution in [2.24, 2.45) is 0 Å². The zero-order valence-electron chi connectivity index (χ0n) is 16.6. The standard InChI is InChI=1S/C23H25N3O2S/c1-28-20-11-9-19(10-12-20)21-15-24-23(26(21)16-18-7-3-2-4-8-18)29-17-22(27)25-13-5-6-14-25/h2-4,7-12,15H,5-6,13-14,16-17H2,1H3. The molecule has 150 valence electrons. The molecule has 0 unspecified atom stereocenters. The summed E-state index contributed by atoms with van der Waals surface area (Å²) in [7, 11) is 1.67. The second-order valence-corrected chi connectivity index (χ2v) is 8.05. The van der Waals surface area contributed by atoms with Crippen LogP contribution in [0.3, 0.4) is 0 Å². The number of carbonyl (C=O) groups is 1. The molecule has 2 heterocycles. The quantitative estimate of drug-likeness (QED) is 0.547. The summed E-state index contributed by atoms with van der Waals surface area (Å²) in [6.45, 7) is 2.48. The van der Waals surface area contributed by atoms with Gasteiger partial charge in [0.15, 0.2) is 5.16 Å². The van der Waals surface area contributed by atoms with Gasteiger partial charge < -0.3 is 14.2 Å². The molecule has 5 nitrogen and oxygen atoms in total. The van der Waals surface area contributed by atoms with Crippen molar-refractivity contribution in [3.8, 4) is 17.0 Å². The van der Waals surface area contributed by atoms with Gasteiger partial charge in [-0.1, -0.05) is 42.1 Å². The molecule has 1 amide bonds. The van der Waals surface area contributed by atoms with Gasteiger partial charge in [0.2, 0.25) is 5.91 Å². The Hall–Kier alpha value is -2.73. The van der Waals surface area contributed by atoms with Crippen LogP contribution in [0.25, 0.3) is 11.3 Å². The van der Waals surface area contributed by atoms with Crippen LogP contribution in [0.2, 0.25) is 0 Å². The minimum atomic E-state index is 0.202. The van der Waals surface area contributed by atoms with Crippen LogP contribution in [-0.4, -0.2) is 46.3 Å². The van der Waals surface area contributed by atoms with Crippen molar-refractivity contribution in [2.45, 2.75) is 24.5 Å². The summed E-state index contributed by atoms with van der Waals surface area (Å²) >= 11 is 1.52. The number of imidazole rings is 1. The van der Waals surface area contributed by atoms with Crippen LogP contribution in [0.4, 0.5) is 0 Å². The van der Waals surface area contributed by atoms with Gasteiger partial charge in [0.25, 0.3) is 0 Å². The van der Waals surface area contributed by atoms with E-state index in [4.69, 9.17) is 4.74 Å². The number of benzene rings is 2. The summed E-state index contributed by atoms with van der Waals surface area (Å²) in [6, 6.07) is 18.3. The fourth-order valence-corrected chi connectivity index (χ4v) is 4.45. The van der Waals surface area contributed by atoms with Gasteiger partial charge in [-0.25, -0.2) is 4.98 Å². The number of thioether (sulfide) groups is 1. The van der Waals surface area contributed by atoms with Gasteiger partial charge in [-0.05, 0) is 42.7 Å². The van der Waals surface area contributed by atoms with Crippen molar-refractivity contribution in [2.75, 3.05) is 26.0 Å². The predicted octanol–water partition coefficient (Wildman–Crippen LogP) is 4.32. The normalized spacial score (nSPS) is 13.6. The first-order valence-electron chi connectivity index (χ1n) is 9.89. The third-order valence-electron chi connectivity index (χ3n) is 5.17. The van der Waals surface area contributed by atoms with E-state index in [2.05, 4.69) is 21.7 Å². The summed E-state index contributed by atoms with van der Waals surface area (Å²) in [5.41, 5.74) is 3.31. The number of nitrogens with zero attached hydrogens (tertiary/aromatic N) is 3. The van der Waals surface area contributed by atoms with Crippen LogP contribution in [0.5, 0.6) is 5.75 Å². The van der Waals surface area contributed by atoms with Crippen LogP contribution < -0.4 is 4.74 Å². The zero-order chi connectivity index (χ0) is 20.1. The molecule has 0 saturated carbocycles. The highest BCUT2D eigenvalue weighted by molar-refractivity contribution is 7.99. The Morgan fingerprint density at radius 3 is 2.48 bits per heavy atom. The molecule has 0 bridgehead atoms. The van der Waals surface area contributed by atoms with E-state index in [9.17, 15) is 4.79 Å². The lowest BCUT2D eigenvalue weighted by atomic mass is 10.1. The molecule has 1 fully saturated rings. The lowest BCUT2D eigenvalue weighted by Gasteiger charge is -2.16. The van der Waals surface area contributed by atoms with E-state index in [1.807, 2.05) is 53.6 Å². The number of methoxy groups -OCH3 is 1. The Morgan fingerprint density at radius 2 is 1.79 bits per heavy atom. The van der Waals surface area contributed by atoms with Crippen LogP contribution in [-0.2, 0) is 11.3 Å². The highest BCUT2D eigenvalue weighted by Crippen LogP contribution is 2.29. The molecule has 1 aromatic heterocycles. The molecule has 0 spiro atoms. The van der Waals surface area contributed by atoms with Crippen LogP contribution >= 0.6 is 11.8 Å². The molecule has 1 aliphatic rings. The van der Waals surface area contributed by atoms with Crippen LogP contribution in [0.15, 0.2) is 66.0 Å². The second-order valence-electron chi connectivity index (χ2n) is 7.10. The summed E-state index contributed by atoms with van der Waals surface area (Å²) < 4.78 is 7.47. The van der Waals surface area contributed by atoms with Gasteiger partial charge in [-0.3, -0.25) is 4.79 Å². The number of rotatable bonds is 7. The Kier molecular flexibility index (Phi) is 6.20. The maximum absolute atomic E-state index is 12.5. The maximum atomic E-state index is 12.5. The van der Waals surface area contributed by atoms with E-state index in [0.717, 1.165) is 48.1 Å². The number of hydrogen-bond acceptors (Lipinski definition) is 4. The number of amides is 1. The lowest BCUT2D eigenvalue weighted by Crippen LogP contribution is -2.29. The van der Waals surface area contributed by atoms with Crippen molar-refractivity contribution in [3.05, 3.63) is 66.4 Å². The molecule has 4 rings (SSSR count). The number of likely N-dealkylation sites (tertiary alicyclic amines) is 1. The third-order valence-corrected chi connectivity index (χ3v) is 6.15. The average molecular weight is 408 g/mol. The first-order valence-corrected chi connectivity index (χ1v) is 10.9. The molecule has 0 radical (unpaired) electrons. The Bertz CT molecular complexity index is 948. The van der Waals surface area contributed by atoms with Crippen molar-refractivity contribution >= 4 is 17.7 Å². The molecule has 0 atom stereocenters. The molecule has 2 aromatic carbocycles. The van der Waals surface area contributed by atoms with Crippen molar-refractivity contribution < 1.29 is 9.53 Å². The van der Waals surface area contributed by atoms with E-state index >= 15 is 0 Å². The fourth-order valence-electron chi connectivity index (χ4n) is 3.57. The maximum Gasteiger partial charge on any atom is 0.233 e. The Balaban J connectivity index is 1.59. The van der Waals surface area contributed by atoms with Crippen molar-refractivity contribution in [1.82, 2.24) is 14.5 Å². The number of ether oxygens (including phenoxy) is 1. The largest absolute Gasteiger partial charge is 0.497 e. The van der Waals surface area contributed by atoms with E-state index in [-0.39, 0.29) is 5.91 Å². The predicted molar refractivity (Wildman–Crippen MR) is 116 cm³/mol. The molecular weight excluding hydrogens is 382 g/mol. The van der Waals surface area contributed by atoms with E-state index in [1.54, 1.807) is 7.11 Å². The van der Waals surface area contributed by atoms with E-state index in [0.29, 0.717) is 12.3 Å². The first-order chi connectivity index (χ1) is 14.2. The highest BCUT2D eigenvalue weighted by Gasteiger charge is 2.20. The minimum absolute atomic E-state index is 0.202. The van der Waals surface area contributed by atoms with Gasteiger partial charge in [-0.15, -0.1) is 0 Å². The number of hydrogen-bond donors (Lipinski definition) is 0. The lowest BCUT2D eigenvalue weighted by molar-refractivity contribution is -0.127. The summed E-state index contributed by atoms with van der Waals surface area (Å²) in [4.78, 5) is 19.1. The molecule has 0 N–H and O–H groups in total. The molecule has 1 aliphatic heterocycles. The topological polar surface area (TPSA) is 47.4 Å². The Labute approximate surface area is 175 Å². The smallest absolute Gasteiger partial charge is 0.233 e. The third kappa shape index (κ3) is 4.65. The van der Waals surface area contributed by atoms with Crippen molar-refractivity contribution in [3.63, 3.8) is 0 Å². The monoisotopic (exact) mass is 407 g/mol. The average Bonchev–Trinajstić information content (AvgIpc) is 3.44. The van der Waals surface area contributed by atoms with Gasteiger partial charge in [0.05, 0.1) is 31.3 Å². The van der Waals surface area contributed by atoms with Gasteiger partial charge in [-0.2, -0.15) is 0 Å². The van der Waals surface area contributed by atoms with E-state index < -0.39 is 0 Å². The van der Waals surface area contributed by atoms with Gasteiger partial charge in [0.1, 0.15) is 5.75 Å². The second kappa shape index (κ2) is 9.18. The van der Waals surface area contributed by atoms with Crippen molar-refractivity contribution in [1.29, 1.82) is 0 Å². The first kappa shape index (κ1) is 19.6. The molecule has 3 aromatic rings. The van der Waals surface area contributed by atoms with Gasteiger partial charge >= 0.3 is 0 Å². The highest BCUT2D eigenvalue weighted by atomic mass is 32.2. The molecule has 1 saturated heterocycles. The van der Waals surface area contributed by atoms with Crippen LogP contribution in [0, 0.1) is 0 Å². The molecule has 0 aliphatic carbocycles. The number of aromatic nitrogens is 2. The SMILES string of the molecule is COc1ccc(-c2cnc(SCC(=O)N3CCCC3)n2Cc2ccccc2)cc1.